The van der Waals surface area contributed by atoms with Gasteiger partial charge in [0.1, 0.15) is 11.2 Å². The van der Waals surface area contributed by atoms with E-state index in [0.29, 0.717) is 42.4 Å². The number of anilines is 1. The monoisotopic (exact) mass is 324 g/mol. The van der Waals surface area contributed by atoms with Crippen LogP contribution >= 0.6 is 11.6 Å². The summed E-state index contributed by atoms with van der Waals surface area (Å²) in [5.74, 6) is 0.129. The van der Waals surface area contributed by atoms with E-state index in [9.17, 15) is 9.59 Å². The first-order valence-electron chi connectivity index (χ1n) is 7.43. The number of hydrogen-bond donors (Lipinski definition) is 1. The maximum absolute atomic E-state index is 12.6. The third-order valence-electron chi connectivity index (χ3n) is 4.05. The van der Waals surface area contributed by atoms with Gasteiger partial charge in [0.05, 0.1) is 12.8 Å². The van der Waals surface area contributed by atoms with Crippen LogP contribution in [-0.2, 0) is 9.59 Å². The van der Waals surface area contributed by atoms with Crippen molar-refractivity contribution in [2.24, 2.45) is 5.41 Å². The molecule has 0 spiro atoms. The lowest BCUT2D eigenvalue weighted by Crippen LogP contribution is -2.42. The first kappa shape index (κ1) is 16.6. The van der Waals surface area contributed by atoms with Gasteiger partial charge in [-0.2, -0.15) is 0 Å². The zero-order valence-electron chi connectivity index (χ0n) is 13.1. The highest BCUT2D eigenvalue weighted by atomic mass is 35.5. The van der Waals surface area contributed by atoms with E-state index >= 15 is 0 Å². The first-order valence-corrected chi connectivity index (χ1v) is 7.80. The molecule has 0 aliphatic heterocycles. The minimum Gasteiger partial charge on any atom is -0.495 e. The van der Waals surface area contributed by atoms with Crippen LogP contribution in [0.25, 0.3) is 0 Å². The normalized spacial score (nSPS) is 15.1. The number of carbonyl (C=O) groups excluding carboxylic acids is 2. The zero-order chi connectivity index (χ0) is 16.3. The van der Waals surface area contributed by atoms with Crippen molar-refractivity contribution in [2.75, 3.05) is 25.5 Å². The quantitative estimate of drug-likeness (QED) is 0.818. The van der Waals surface area contributed by atoms with Crippen molar-refractivity contribution in [2.45, 2.75) is 26.7 Å². The molecule has 2 amide bonds. The Labute approximate surface area is 135 Å². The van der Waals surface area contributed by atoms with Gasteiger partial charge in [-0.25, -0.2) is 0 Å². The summed E-state index contributed by atoms with van der Waals surface area (Å²) in [6.07, 6.45) is 1.16. The highest BCUT2D eigenvalue weighted by Crippen LogP contribution is 2.48. The standard InChI is InChI=1S/C16H21ClN2O3/c1-4-19(5-2)15(21)16(8-9-16)14(20)18-12-10-11(17)6-7-13(12)22-3/h6-7,10H,4-5,8-9H2,1-3H3,(H,18,20). The number of benzene rings is 1. The van der Waals surface area contributed by atoms with E-state index in [1.165, 1.54) is 7.11 Å². The summed E-state index contributed by atoms with van der Waals surface area (Å²) in [7, 11) is 1.52. The molecule has 1 aliphatic rings. The van der Waals surface area contributed by atoms with Gasteiger partial charge in [0.25, 0.3) is 0 Å². The van der Waals surface area contributed by atoms with E-state index in [1.807, 2.05) is 13.8 Å². The number of rotatable bonds is 6. The SMILES string of the molecule is CCN(CC)C(=O)C1(C(=O)Nc2cc(Cl)ccc2OC)CC1. The minimum absolute atomic E-state index is 0.101. The topological polar surface area (TPSA) is 58.6 Å². The van der Waals surface area contributed by atoms with E-state index in [4.69, 9.17) is 16.3 Å². The highest BCUT2D eigenvalue weighted by Gasteiger charge is 2.57. The fourth-order valence-electron chi connectivity index (χ4n) is 2.50. The molecule has 1 N–H and O–H groups in total. The van der Waals surface area contributed by atoms with Gasteiger partial charge in [-0.3, -0.25) is 9.59 Å². The fourth-order valence-corrected chi connectivity index (χ4v) is 2.67. The molecule has 2 rings (SSSR count). The molecule has 1 fully saturated rings. The van der Waals surface area contributed by atoms with Gasteiger partial charge in [-0.1, -0.05) is 11.6 Å². The summed E-state index contributed by atoms with van der Waals surface area (Å²) in [6, 6.07) is 4.99. The molecule has 1 aromatic carbocycles. The predicted molar refractivity (Wildman–Crippen MR) is 86.2 cm³/mol. The third kappa shape index (κ3) is 3.04. The molecule has 6 heteroatoms. The molecular weight excluding hydrogens is 304 g/mol. The van der Waals surface area contributed by atoms with Crippen LogP contribution in [0.5, 0.6) is 5.75 Å². The zero-order valence-corrected chi connectivity index (χ0v) is 13.9. The molecule has 0 bridgehead atoms. The average Bonchev–Trinajstić information content (AvgIpc) is 3.30. The largest absolute Gasteiger partial charge is 0.495 e. The van der Waals surface area contributed by atoms with Crippen LogP contribution in [-0.4, -0.2) is 36.9 Å². The van der Waals surface area contributed by atoms with Crippen LogP contribution < -0.4 is 10.1 Å². The van der Waals surface area contributed by atoms with Crippen molar-refractivity contribution in [3.8, 4) is 5.75 Å². The van der Waals surface area contributed by atoms with Crippen molar-refractivity contribution >= 4 is 29.1 Å². The molecule has 0 unspecified atom stereocenters. The second-order valence-electron chi connectivity index (χ2n) is 5.36. The average molecular weight is 325 g/mol. The van der Waals surface area contributed by atoms with Gasteiger partial charge < -0.3 is 15.0 Å². The van der Waals surface area contributed by atoms with Gasteiger partial charge in [-0.15, -0.1) is 0 Å². The number of halogens is 1. The molecule has 0 atom stereocenters. The summed E-state index contributed by atoms with van der Waals surface area (Å²) in [4.78, 5) is 26.8. The minimum atomic E-state index is -0.931. The molecular formula is C16H21ClN2O3. The molecule has 0 saturated heterocycles. The Hall–Kier alpha value is -1.75. The maximum Gasteiger partial charge on any atom is 0.240 e. The van der Waals surface area contributed by atoms with Crippen molar-refractivity contribution in [1.82, 2.24) is 4.90 Å². The summed E-state index contributed by atoms with van der Waals surface area (Å²) in [5, 5.41) is 3.29. The van der Waals surface area contributed by atoms with Crippen molar-refractivity contribution < 1.29 is 14.3 Å². The third-order valence-corrected chi connectivity index (χ3v) is 4.29. The van der Waals surface area contributed by atoms with E-state index in [0.717, 1.165) is 0 Å². The van der Waals surface area contributed by atoms with E-state index < -0.39 is 5.41 Å². The molecule has 120 valence electrons. The van der Waals surface area contributed by atoms with E-state index in [2.05, 4.69) is 5.32 Å². The summed E-state index contributed by atoms with van der Waals surface area (Å²) >= 11 is 5.96. The van der Waals surface area contributed by atoms with Crippen LogP contribution in [0.15, 0.2) is 18.2 Å². The molecule has 0 aromatic heterocycles. The molecule has 0 radical (unpaired) electrons. The van der Waals surface area contributed by atoms with Crippen LogP contribution in [0.4, 0.5) is 5.69 Å². The van der Waals surface area contributed by atoms with E-state index in [-0.39, 0.29) is 11.8 Å². The summed E-state index contributed by atoms with van der Waals surface area (Å²) in [6.45, 7) is 5.03. The number of methoxy groups -OCH3 is 1. The van der Waals surface area contributed by atoms with Gasteiger partial charge in [0, 0.05) is 18.1 Å². The number of carbonyl (C=O) groups is 2. The van der Waals surface area contributed by atoms with Crippen LogP contribution in [0.1, 0.15) is 26.7 Å². The first-order chi connectivity index (χ1) is 10.5. The van der Waals surface area contributed by atoms with Crippen LogP contribution in [0.2, 0.25) is 5.02 Å². The second-order valence-corrected chi connectivity index (χ2v) is 5.79. The van der Waals surface area contributed by atoms with Crippen LogP contribution in [0.3, 0.4) is 0 Å². The summed E-state index contributed by atoms with van der Waals surface area (Å²) < 4.78 is 5.22. The highest BCUT2D eigenvalue weighted by molar-refractivity contribution is 6.31. The lowest BCUT2D eigenvalue weighted by Gasteiger charge is -2.24. The predicted octanol–water partition coefficient (Wildman–Crippen LogP) is 2.94. The van der Waals surface area contributed by atoms with Gasteiger partial charge in [0.15, 0.2) is 0 Å². The Morgan fingerprint density at radius 2 is 1.95 bits per heavy atom. The van der Waals surface area contributed by atoms with Crippen molar-refractivity contribution in [3.05, 3.63) is 23.2 Å². The lowest BCUT2D eigenvalue weighted by atomic mass is 10.0. The Morgan fingerprint density at radius 1 is 1.32 bits per heavy atom. The van der Waals surface area contributed by atoms with Crippen molar-refractivity contribution in [3.63, 3.8) is 0 Å². The van der Waals surface area contributed by atoms with Gasteiger partial charge in [-0.05, 0) is 44.9 Å². The molecule has 1 aliphatic carbocycles. The number of hydrogen-bond acceptors (Lipinski definition) is 3. The van der Waals surface area contributed by atoms with Crippen LogP contribution in [0, 0.1) is 5.41 Å². The second kappa shape index (κ2) is 6.57. The molecule has 1 aromatic rings. The Kier molecular flexibility index (Phi) is 4.96. The van der Waals surface area contributed by atoms with Gasteiger partial charge in [0.2, 0.25) is 11.8 Å². The summed E-state index contributed by atoms with van der Waals surface area (Å²) in [5.41, 5.74) is -0.446. The molecule has 5 nitrogen and oxygen atoms in total. The van der Waals surface area contributed by atoms with Crippen molar-refractivity contribution in [1.29, 1.82) is 0 Å². The Balaban J connectivity index is 2.19. The Bertz CT molecular complexity index is 581. The molecule has 0 heterocycles. The van der Waals surface area contributed by atoms with Gasteiger partial charge >= 0.3 is 0 Å². The number of ether oxygens (including phenoxy) is 1. The Morgan fingerprint density at radius 3 is 2.45 bits per heavy atom. The molecule has 1 saturated carbocycles. The van der Waals surface area contributed by atoms with E-state index in [1.54, 1.807) is 23.1 Å². The molecule has 22 heavy (non-hydrogen) atoms. The number of nitrogens with zero attached hydrogens (tertiary/aromatic N) is 1. The number of amides is 2. The maximum atomic E-state index is 12.6. The lowest BCUT2D eigenvalue weighted by molar-refractivity contribution is -0.141. The number of nitrogens with one attached hydrogen (secondary N) is 1. The fraction of sp³-hybridized carbons (Fsp3) is 0.500. The smallest absolute Gasteiger partial charge is 0.240 e.